The third-order valence-electron chi connectivity index (χ3n) is 2.07. The highest BCUT2D eigenvalue weighted by Crippen LogP contribution is 2.07. The van der Waals surface area contributed by atoms with Crippen LogP contribution in [0.15, 0.2) is 28.7 Å². The maximum absolute atomic E-state index is 11.0. The van der Waals surface area contributed by atoms with Crippen LogP contribution in [0, 0.1) is 0 Å². The molecule has 0 spiro atoms. The summed E-state index contributed by atoms with van der Waals surface area (Å²) in [5.74, 6) is 0.465. The fourth-order valence-corrected chi connectivity index (χ4v) is 1.19. The van der Waals surface area contributed by atoms with Crippen LogP contribution in [0.25, 0.3) is 0 Å². The first-order chi connectivity index (χ1) is 8.38. The van der Waals surface area contributed by atoms with Gasteiger partial charge in [-0.25, -0.2) is 0 Å². The van der Waals surface area contributed by atoms with E-state index >= 15 is 0 Å². The molecule has 0 aliphatic rings. The van der Waals surface area contributed by atoms with Crippen molar-refractivity contribution in [2.24, 2.45) is 10.7 Å². The van der Waals surface area contributed by atoms with Crippen LogP contribution in [-0.2, 0) is 9.53 Å². The first-order valence-electron chi connectivity index (χ1n) is 5.99. The number of rotatable bonds is 6. The average molecular weight is 253 g/mol. The van der Waals surface area contributed by atoms with Gasteiger partial charge in [-0.3, -0.25) is 4.79 Å². The van der Waals surface area contributed by atoms with E-state index in [1.165, 1.54) is 6.92 Å². The van der Waals surface area contributed by atoms with Gasteiger partial charge in [-0.15, -0.1) is 0 Å². The summed E-state index contributed by atoms with van der Waals surface area (Å²) >= 11 is 0. The van der Waals surface area contributed by atoms with Crippen LogP contribution in [0.4, 0.5) is 0 Å². The molecule has 0 aromatic rings. The first kappa shape index (κ1) is 16.2. The van der Waals surface area contributed by atoms with Crippen molar-refractivity contribution in [3.05, 3.63) is 23.7 Å². The molecule has 3 N–H and O–H groups in total. The Kier molecular flexibility index (Phi) is 7.51. The van der Waals surface area contributed by atoms with Crippen molar-refractivity contribution in [1.82, 2.24) is 5.32 Å². The summed E-state index contributed by atoms with van der Waals surface area (Å²) in [6, 6.07) is 0. The molecular formula is C13H23N3O2. The van der Waals surface area contributed by atoms with Gasteiger partial charge in [-0.1, -0.05) is 19.9 Å². The Bertz CT molecular complexity index is 370. The summed E-state index contributed by atoms with van der Waals surface area (Å²) in [5, 5.41) is 2.61. The third kappa shape index (κ3) is 6.73. The molecule has 0 bridgehead atoms. The maximum atomic E-state index is 11.0. The van der Waals surface area contributed by atoms with E-state index in [4.69, 9.17) is 10.5 Å². The van der Waals surface area contributed by atoms with Crippen molar-refractivity contribution in [3.8, 4) is 0 Å². The number of nitrogens with zero attached hydrogens (tertiary/aromatic N) is 1. The second-order valence-corrected chi connectivity index (χ2v) is 4.05. The Balaban J connectivity index is 4.81. The van der Waals surface area contributed by atoms with Gasteiger partial charge in [-0.05, 0) is 18.9 Å². The molecular weight excluding hydrogens is 230 g/mol. The predicted molar refractivity (Wildman–Crippen MR) is 73.8 cm³/mol. The van der Waals surface area contributed by atoms with Crippen molar-refractivity contribution >= 4 is 11.8 Å². The molecule has 102 valence electrons. The van der Waals surface area contributed by atoms with Crippen LogP contribution < -0.4 is 11.1 Å². The summed E-state index contributed by atoms with van der Waals surface area (Å²) in [5.41, 5.74) is 6.89. The van der Waals surface area contributed by atoms with E-state index in [-0.39, 0.29) is 11.7 Å². The number of aliphatic imine (C=N–C) groups is 1. The molecule has 0 unspecified atom stereocenters. The Morgan fingerprint density at radius 3 is 2.44 bits per heavy atom. The number of hydrogen-bond acceptors (Lipinski definition) is 4. The van der Waals surface area contributed by atoms with Crippen LogP contribution in [0.3, 0.4) is 0 Å². The molecule has 0 saturated heterocycles. The summed E-state index contributed by atoms with van der Waals surface area (Å²) in [6.45, 7) is 11.3. The minimum Gasteiger partial charge on any atom is -0.481 e. The molecule has 0 aliphatic carbocycles. The van der Waals surface area contributed by atoms with Gasteiger partial charge in [0.15, 0.2) is 11.7 Å². The van der Waals surface area contributed by atoms with Crippen LogP contribution in [0.5, 0.6) is 0 Å². The van der Waals surface area contributed by atoms with Gasteiger partial charge in [0.25, 0.3) is 0 Å². The highest BCUT2D eigenvalue weighted by molar-refractivity contribution is 5.77. The number of nitrogens with one attached hydrogen (secondary N) is 1. The lowest BCUT2D eigenvalue weighted by atomic mass is 10.2. The third-order valence-corrected chi connectivity index (χ3v) is 2.07. The van der Waals surface area contributed by atoms with Crippen LogP contribution in [0.2, 0.25) is 0 Å². The van der Waals surface area contributed by atoms with Crippen LogP contribution in [0.1, 0.15) is 40.5 Å². The molecule has 18 heavy (non-hydrogen) atoms. The highest BCUT2D eigenvalue weighted by Gasteiger charge is 2.06. The monoisotopic (exact) mass is 253 g/mol. The van der Waals surface area contributed by atoms with E-state index in [1.807, 2.05) is 0 Å². The molecule has 0 fully saturated rings. The molecule has 0 atom stereocenters. The van der Waals surface area contributed by atoms with Crippen LogP contribution >= 0.6 is 0 Å². The zero-order valence-corrected chi connectivity index (χ0v) is 11.7. The number of carbonyl (C=O) groups excluding carboxylic acids is 1. The number of nitrogens with two attached hydrogens (primary N) is 1. The zero-order chi connectivity index (χ0) is 14.1. The highest BCUT2D eigenvalue weighted by atomic mass is 16.5. The molecule has 0 heterocycles. The standard InChI is InChI=1S/C13H23N3O2/c1-6-7-8-18-11(5)16-13(14)12(9(2)3)15-10(4)17/h2,6-8,14H2,1,3-5H3,(H,15,17)/b13-12+,16-11?. The topological polar surface area (TPSA) is 76.7 Å². The van der Waals surface area contributed by atoms with Gasteiger partial charge < -0.3 is 15.8 Å². The maximum Gasteiger partial charge on any atom is 0.221 e. The fourth-order valence-electron chi connectivity index (χ4n) is 1.19. The number of hydrogen-bond donors (Lipinski definition) is 2. The Morgan fingerprint density at radius 2 is 2.00 bits per heavy atom. The Hall–Kier alpha value is -1.78. The lowest BCUT2D eigenvalue weighted by Crippen LogP contribution is -2.23. The van der Waals surface area contributed by atoms with Gasteiger partial charge in [0.2, 0.25) is 5.91 Å². The number of allylic oxidation sites excluding steroid dienone is 1. The van der Waals surface area contributed by atoms with Crippen molar-refractivity contribution in [2.45, 2.75) is 40.5 Å². The SMILES string of the molecule is C=C(C)/C(NC(C)=O)=C(/N)N=C(C)OCCCC. The predicted octanol–water partition coefficient (Wildman–Crippen LogP) is 2.06. The molecule has 0 aromatic carbocycles. The average Bonchev–Trinajstić information content (AvgIpc) is 2.25. The summed E-state index contributed by atoms with van der Waals surface area (Å²) < 4.78 is 5.38. The second kappa shape index (κ2) is 8.33. The lowest BCUT2D eigenvalue weighted by Gasteiger charge is -2.10. The molecule has 5 heteroatoms. The number of carbonyl (C=O) groups is 1. The van der Waals surface area contributed by atoms with Crippen molar-refractivity contribution in [2.75, 3.05) is 6.61 Å². The van der Waals surface area contributed by atoms with Gasteiger partial charge in [-0.2, -0.15) is 4.99 Å². The lowest BCUT2D eigenvalue weighted by molar-refractivity contribution is -0.118. The zero-order valence-electron chi connectivity index (χ0n) is 11.7. The summed E-state index contributed by atoms with van der Waals surface area (Å²) in [4.78, 5) is 15.1. The molecule has 0 saturated carbocycles. The number of ether oxygens (including phenoxy) is 1. The first-order valence-corrected chi connectivity index (χ1v) is 5.99. The largest absolute Gasteiger partial charge is 0.481 e. The quantitative estimate of drug-likeness (QED) is 0.329. The van der Waals surface area contributed by atoms with E-state index in [2.05, 4.69) is 23.8 Å². The van der Waals surface area contributed by atoms with E-state index in [0.29, 0.717) is 23.8 Å². The van der Waals surface area contributed by atoms with E-state index in [0.717, 1.165) is 12.8 Å². The van der Waals surface area contributed by atoms with Crippen LogP contribution in [-0.4, -0.2) is 18.4 Å². The molecule has 0 rings (SSSR count). The minimum atomic E-state index is -0.212. The number of amides is 1. The Labute approximate surface area is 109 Å². The van der Waals surface area contributed by atoms with Gasteiger partial charge in [0, 0.05) is 13.8 Å². The normalized spacial score (nSPS) is 12.8. The molecule has 0 aliphatic heterocycles. The summed E-state index contributed by atoms with van der Waals surface area (Å²) in [7, 11) is 0. The fraction of sp³-hybridized carbons (Fsp3) is 0.538. The van der Waals surface area contributed by atoms with Crippen molar-refractivity contribution in [1.29, 1.82) is 0 Å². The van der Waals surface area contributed by atoms with Gasteiger partial charge in [0.1, 0.15) is 0 Å². The van der Waals surface area contributed by atoms with Gasteiger partial charge in [0.05, 0.1) is 12.3 Å². The van der Waals surface area contributed by atoms with E-state index < -0.39 is 0 Å². The van der Waals surface area contributed by atoms with E-state index in [9.17, 15) is 4.79 Å². The minimum absolute atomic E-state index is 0.201. The molecule has 0 aromatic heterocycles. The van der Waals surface area contributed by atoms with Crippen molar-refractivity contribution < 1.29 is 9.53 Å². The summed E-state index contributed by atoms with van der Waals surface area (Å²) in [6.07, 6.45) is 2.02. The molecule has 0 radical (unpaired) electrons. The molecule has 1 amide bonds. The molecule has 5 nitrogen and oxygen atoms in total. The van der Waals surface area contributed by atoms with Crippen molar-refractivity contribution in [3.63, 3.8) is 0 Å². The van der Waals surface area contributed by atoms with E-state index in [1.54, 1.807) is 13.8 Å². The second-order valence-electron chi connectivity index (χ2n) is 4.05. The number of unbranched alkanes of at least 4 members (excludes halogenated alkanes) is 1. The van der Waals surface area contributed by atoms with Gasteiger partial charge >= 0.3 is 0 Å². The smallest absolute Gasteiger partial charge is 0.221 e. The Morgan fingerprint density at radius 1 is 1.39 bits per heavy atom.